The molecule has 1 saturated heterocycles. The van der Waals surface area contributed by atoms with Crippen LogP contribution in [0.2, 0.25) is 0 Å². The van der Waals surface area contributed by atoms with Crippen molar-refractivity contribution in [3.8, 4) is 6.07 Å². The van der Waals surface area contributed by atoms with Crippen LogP contribution in [0.4, 0.5) is 11.4 Å². The van der Waals surface area contributed by atoms with Crippen LogP contribution in [-0.4, -0.2) is 31.6 Å². The Morgan fingerprint density at radius 3 is 3.00 bits per heavy atom. The zero-order valence-electron chi connectivity index (χ0n) is 11.5. The third kappa shape index (κ3) is 3.25. The predicted molar refractivity (Wildman–Crippen MR) is 76.7 cm³/mol. The van der Waals surface area contributed by atoms with E-state index >= 15 is 0 Å². The van der Waals surface area contributed by atoms with Gasteiger partial charge in [-0.2, -0.15) is 5.26 Å². The van der Waals surface area contributed by atoms with Crippen LogP contribution >= 0.6 is 0 Å². The highest BCUT2D eigenvalue weighted by atomic mass is 16.6. The summed E-state index contributed by atoms with van der Waals surface area (Å²) in [6.07, 6.45) is 2.34. The van der Waals surface area contributed by atoms with Gasteiger partial charge in [-0.3, -0.25) is 10.1 Å². The van der Waals surface area contributed by atoms with Gasteiger partial charge in [0.2, 0.25) is 0 Å². The molecule has 1 fully saturated rings. The normalized spacial score (nSPS) is 18.3. The van der Waals surface area contributed by atoms with Gasteiger partial charge in [0, 0.05) is 25.7 Å². The van der Waals surface area contributed by atoms with Crippen molar-refractivity contribution >= 4 is 11.4 Å². The summed E-state index contributed by atoms with van der Waals surface area (Å²) >= 11 is 0. The highest BCUT2D eigenvalue weighted by Gasteiger charge is 2.18. The summed E-state index contributed by atoms with van der Waals surface area (Å²) in [6, 6.07) is 6.50. The molecule has 6 nitrogen and oxygen atoms in total. The van der Waals surface area contributed by atoms with Crippen LogP contribution in [0.15, 0.2) is 18.2 Å². The third-order valence-electron chi connectivity index (χ3n) is 3.65. The molecule has 0 spiro atoms. The van der Waals surface area contributed by atoms with E-state index in [-0.39, 0.29) is 5.69 Å². The molecule has 20 heavy (non-hydrogen) atoms. The zero-order valence-corrected chi connectivity index (χ0v) is 11.5. The Morgan fingerprint density at radius 2 is 2.40 bits per heavy atom. The lowest BCUT2D eigenvalue weighted by Crippen LogP contribution is -2.37. The van der Waals surface area contributed by atoms with Crippen LogP contribution < -0.4 is 10.2 Å². The number of non-ortho nitro benzene ring substituents is 1. The van der Waals surface area contributed by atoms with Gasteiger partial charge in [-0.25, -0.2) is 0 Å². The maximum Gasteiger partial charge on any atom is 0.270 e. The number of piperidine rings is 1. The smallest absolute Gasteiger partial charge is 0.270 e. The SMILES string of the molecule is CN(CC1CCCNC1)c1ccc([N+](=O)[O-])cc1C#N. The van der Waals surface area contributed by atoms with Crippen molar-refractivity contribution in [3.63, 3.8) is 0 Å². The van der Waals surface area contributed by atoms with Crippen LogP contribution in [0.5, 0.6) is 0 Å². The molecule has 1 aliphatic heterocycles. The molecule has 6 heteroatoms. The van der Waals surface area contributed by atoms with Crippen molar-refractivity contribution in [3.05, 3.63) is 33.9 Å². The molecule has 0 radical (unpaired) electrons. The van der Waals surface area contributed by atoms with Crippen LogP contribution in [0, 0.1) is 27.4 Å². The van der Waals surface area contributed by atoms with Gasteiger partial charge in [0.1, 0.15) is 6.07 Å². The fourth-order valence-electron chi connectivity index (χ4n) is 2.63. The minimum atomic E-state index is -0.477. The molecule has 0 amide bonds. The van der Waals surface area contributed by atoms with Gasteiger partial charge >= 0.3 is 0 Å². The summed E-state index contributed by atoms with van der Waals surface area (Å²) in [6.45, 7) is 2.90. The molecule has 1 aromatic carbocycles. The molecule has 1 heterocycles. The number of hydrogen-bond donors (Lipinski definition) is 1. The summed E-state index contributed by atoms with van der Waals surface area (Å²) in [4.78, 5) is 12.3. The lowest BCUT2D eigenvalue weighted by Gasteiger charge is -2.29. The lowest BCUT2D eigenvalue weighted by atomic mass is 9.98. The van der Waals surface area contributed by atoms with E-state index in [4.69, 9.17) is 5.26 Å². The standard InChI is InChI=1S/C14H18N4O2/c1-17(10-11-3-2-6-16-9-11)14-5-4-13(18(19)20)7-12(14)8-15/h4-5,7,11,16H,2-3,6,9-10H2,1H3. The Labute approximate surface area is 118 Å². The molecule has 1 unspecified atom stereocenters. The van der Waals surface area contributed by atoms with Crippen LogP contribution in [0.3, 0.4) is 0 Å². The average Bonchev–Trinajstić information content (AvgIpc) is 2.47. The van der Waals surface area contributed by atoms with Gasteiger partial charge in [-0.15, -0.1) is 0 Å². The Hall–Kier alpha value is -2.13. The van der Waals surface area contributed by atoms with Crippen molar-refractivity contribution in [2.24, 2.45) is 5.92 Å². The van der Waals surface area contributed by atoms with E-state index in [9.17, 15) is 10.1 Å². The zero-order chi connectivity index (χ0) is 14.5. The second-order valence-corrected chi connectivity index (χ2v) is 5.16. The van der Waals surface area contributed by atoms with Crippen LogP contribution in [-0.2, 0) is 0 Å². The van der Waals surface area contributed by atoms with Gasteiger partial charge in [0.15, 0.2) is 0 Å². The Kier molecular flexibility index (Phi) is 4.53. The molecule has 106 valence electrons. The molecule has 0 saturated carbocycles. The van der Waals surface area contributed by atoms with Crippen LogP contribution in [0.25, 0.3) is 0 Å². The minimum absolute atomic E-state index is 0.0435. The molecule has 1 atom stereocenters. The van der Waals surface area contributed by atoms with Gasteiger partial charge in [-0.1, -0.05) is 0 Å². The molecular formula is C14H18N4O2. The van der Waals surface area contributed by atoms with Crippen molar-refractivity contribution in [2.45, 2.75) is 12.8 Å². The molecule has 0 bridgehead atoms. The first kappa shape index (κ1) is 14.3. The number of nitrogens with zero attached hydrogens (tertiary/aromatic N) is 3. The van der Waals surface area contributed by atoms with Crippen LogP contribution in [0.1, 0.15) is 18.4 Å². The maximum atomic E-state index is 10.7. The fraction of sp³-hybridized carbons (Fsp3) is 0.500. The van der Waals surface area contributed by atoms with E-state index in [1.165, 1.54) is 25.0 Å². The first-order chi connectivity index (χ1) is 9.61. The first-order valence-corrected chi connectivity index (χ1v) is 6.72. The molecular weight excluding hydrogens is 256 g/mol. The highest BCUT2D eigenvalue weighted by molar-refractivity contribution is 5.62. The van der Waals surface area contributed by atoms with Crippen molar-refractivity contribution < 1.29 is 4.92 Å². The number of nitro groups is 1. The second-order valence-electron chi connectivity index (χ2n) is 5.16. The Balaban J connectivity index is 2.14. The number of rotatable bonds is 4. The number of anilines is 1. The van der Waals surface area contributed by atoms with E-state index in [1.54, 1.807) is 6.07 Å². The highest BCUT2D eigenvalue weighted by Crippen LogP contribution is 2.25. The monoisotopic (exact) mass is 274 g/mol. The summed E-state index contributed by atoms with van der Waals surface area (Å²) in [5, 5.41) is 23.3. The Morgan fingerprint density at radius 1 is 1.60 bits per heavy atom. The van der Waals surface area contributed by atoms with Gasteiger partial charge in [0.05, 0.1) is 16.2 Å². The summed E-state index contributed by atoms with van der Waals surface area (Å²) in [5.74, 6) is 0.551. The van der Waals surface area contributed by atoms with Gasteiger partial charge in [-0.05, 0) is 37.9 Å². The summed E-state index contributed by atoms with van der Waals surface area (Å²) in [5.41, 5.74) is 1.06. The number of hydrogen-bond acceptors (Lipinski definition) is 5. The van der Waals surface area contributed by atoms with E-state index in [0.29, 0.717) is 11.5 Å². The number of benzene rings is 1. The molecule has 1 aliphatic rings. The summed E-state index contributed by atoms with van der Waals surface area (Å²) < 4.78 is 0. The van der Waals surface area contributed by atoms with Crippen molar-refractivity contribution in [1.29, 1.82) is 5.26 Å². The van der Waals surface area contributed by atoms with E-state index in [1.807, 2.05) is 18.0 Å². The van der Waals surface area contributed by atoms with Gasteiger partial charge in [0.25, 0.3) is 5.69 Å². The summed E-state index contributed by atoms with van der Waals surface area (Å²) in [7, 11) is 1.93. The predicted octanol–water partition coefficient (Wildman–Crippen LogP) is 1.90. The third-order valence-corrected chi connectivity index (χ3v) is 3.65. The minimum Gasteiger partial charge on any atom is -0.373 e. The number of nitrogens with one attached hydrogen (secondary N) is 1. The molecule has 0 aromatic heterocycles. The first-order valence-electron chi connectivity index (χ1n) is 6.72. The topological polar surface area (TPSA) is 82.2 Å². The maximum absolute atomic E-state index is 10.7. The van der Waals surface area contributed by atoms with E-state index in [0.717, 1.165) is 25.3 Å². The quantitative estimate of drug-likeness (QED) is 0.670. The van der Waals surface area contributed by atoms with E-state index in [2.05, 4.69) is 5.32 Å². The van der Waals surface area contributed by atoms with Gasteiger partial charge < -0.3 is 10.2 Å². The number of nitriles is 1. The van der Waals surface area contributed by atoms with Crippen molar-refractivity contribution in [2.75, 3.05) is 31.6 Å². The Bertz CT molecular complexity index is 532. The number of nitro benzene ring substituents is 1. The molecule has 1 aromatic rings. The van der Waals surface area contributed by atoms with Crippen molar-refractivity contribution in [1.82, 2.24) is 5.32 Å². The van der Waals surface area contributed by atoms with E-state index < -0.39 is 4.92 Å². The lowest BCUT2D eigenvalue weighted by molar-refractivity contribution is -0.384. The second kappa shape index (κ2) is 6.35. The fourth-order valence-corrected chi connectivity index (χ4v) is 2.63. The molecule has 1 N–H and O–H groups in total. The molecule has 0 aliphatic carbocycles. The largest absolute Gasteiger partial charge is 0.373 e. The average molecular weight is 274 g/mol. The molecule has 2 rings (SSSR count).